The summed E-state index contributed by atoms with van der Waals surface area (Å²) in [5, 5.41) is 22.9. The molecule has 0 aliphatic carbocycles. The number of fused-ring (bicyclic) bond motifs is 1. The number of carbonyl (C=O) groups excluding carboxylic acids is 2. The van der Waals surface area contributed by atoms with Gasteiger partial charge in [-0.2, -0.15) is 0 Å². The summed E-state index contributed by atoms with van der Waals surface area (Å²) in [6, 6.07) is 11.3. The van der Waals surface area contributed by atoms with Crippen molar-refractivity contribution in [3.8, 4) is 10.4 Å². The third-order valence-corrected chi connectivity index (χ3v) is 7.80. The number of nitrogens with one attached hydrogen (secondary N) is 1. The molecule has 2 N–H and O–H groups in total. The zero-order valence-corrected chi connectivity index (χ0v) is 22.9. The van der Waals surface area contributed by atoms with Gasteiger partial charge in [-0.15, -0.1) is 16.4 Å². The maximum Gasteiger partial charge on any atom is 0.321 e. The van der Waals surface area contributed by atoms with Crippen LogP contribution in [0.2, 0.25) is 0 Å². The number of hydrogen-bond acceptors (Lipinski definition) is 7. The first-order valence-corrected chi connectivity index (χ1v) is 13.8. The monoisotopic (exact) mass is 540 g/mol. The second-order valence-electron chi connectivity index (χ2n) is 9.82. The summed E-state index contributed by atoms with van der Waals surface area (Å²) < 4.78 is 8.07. The largest absolute Gasteiger partial charge is 0.394 e. The molecule has 0 unspecified atom stereocenters. The molecule has 1 aromatic carbocycles. The van der Waals surface area contributed by atoms with Crippen LogP contribution in [-0.4, -0.2) is 80.7 Å². The minimum atomic E-state index is -0.365. The lowest BCUT2D eigenvalue weighted by molar-refractivity contribution is -0.136. The van der Waals surface area contributed by atoms with Gasteiger partial charge in [0.15, 0.2) is 0 Å². The van der Waals surface area contributed by atoms with Crippen LogP contribution in [-0.2, 0) is 22.7 Å². The van der Waals surface area contributed by atoms with Crippen molar-refractivity contribution in [1.29, 1.82) is 0 Å². The van der Waals surface area contributed by atoms with Crippen LogP contribution < -0.4 is 5.32 Å². The molecule has 1 aliphatic heterocycles. The second-order valence-corrected chi connectivity index (χ2v) is 10.8. The molecule has 3 amide bonds. The van der Waals surface area contributed by atoms with E-state index in [0.717, 1.165) is 11.3 Å². The zero-order chi connectivity index (χ0) is 27.1. The highest BCUT2D eigenvalue weighted by Gasteiger charge is 2.29. The quantitative estimate of drug-likeness (QED) is 0.493. The van der Waals surface area contributed by atoms with Crippen molar-refractivity contribution >= 4 is 29.0 Å². The number of urea groups is 1. The van der Waals surface area contributed by atoms with Gasteiger partial charge in [-0.1, -0.05) is 30.3 Å². The number of nitrogens with zero attached hydrogens (tertiary/aromatic N) is 5. The number of likely N-dealkylation sites (N-methyl/N-ethyl adjacent to an activating group) is 1. The molecule has 0 spiro atoms. The number of aromatic nitrogens is 3. The van der Waals surface area contributed by atoms with Crippen molar-refractivity contribution in [2.24, 2.45) is 5.92 Å². The SMILES string of the molecule is C[C@@H]1CN([C@@H](C)CO)C(=O)CCCn2nncc2CO[C@H]1CN(C)C(=O)Nc1ccc(-c2cccs2)cc1. The van der Waals surface area contributed by atoms with Gasteiger partial charge in [0.1, 0.15) is 0 Å². The molecule has 10 nitrogen and oxygen atoms in total. The van der Waals surface area contributed by atoms with Crippen molar-refractivity contribution in [2.45, 2.75) is 52.0 Å². The number of aryl methyl sites for hydroxylation is 1. The first-order chi connectivity index (χ1) is 18.4. The predicted molar refractivity (Wildman–Crippen MR) is 147 cm³/mol. The Balaban J connectivity index is 1.45. The molecule has 204 valence electrons. The molecule has 4 rings (SSSR count). The Morgan fingerprint density at radius 2 is 2.11 bits per heavy atom. The Hall–Kier alpha value is -3.28. The number of aliphatic hydroxyl groups is 1. The van der Waals surface area contributed by atoms with Gasteiger partial charge >= 0.3 is 6.03 Å². The van der Waals surface area contributed by atoms with Gasteiger partial charge in [0.25, 0.3) is 0 Å². The van der Waals surface area contributed by atoms with Crippen LogP contribution in [0.15, 0.2) is 48.0 Å². The highest BCUT2D eigenvalue weighted by Crippen LogP contribution is 2.26. The van der Waals surface area contributed by atoms with Crippen molar-refractivity contribution in [1.82, 2.24) is 24.8 Å². The topological polar surface area (TPSA) is 113 Å². The van der Waals surface area contributed by atoms with Crippen molar-refractivity contribution in [3.63, 3.8) is 0 Å². The fraction of sp³-hybridized carbons (Fsp3) is 0.481. The molecule has 11 heteroatoms. The Bertz CT molecular complexity index is 1180. The van der Waals surface area contributed by atoms with Crippen LogP contribution in [0.4, 0.5) is 10.5 Å². The summed E-state index contributed by atoms with van der Waals surface area (Å²) >= 11 is 1.67. The van der Waals surface area contributed by atoms with E-state index >= 15 is 0 Å². The average molecular weight is 541 g/mol. The van der Waals surface area contributed by atoms with Crippen LogP contribution in [0.1, 0.15) is 32.4 Å². The van der Waals surface area contributed by atoms with Crippen LogP contribution in [0.5, 0.6) is 0 Å². The number of rotatable bonds is 6. The van der Waals surface area contributed by atoms with Crippen molar-refractivity contribution in [3.05, 3.63) is 53.7 Å². The first kappa shape index (κ1) is 27.7. The van der Waals surface area contributed by atoms with E-state index in [1.807, 2.05) is 49.6 Å². The number of carbonyl (C=O) groups is 2. The fourth-order valence-electron chi connectivity index (χ4n) is 4.48. The molecular formula is C27H36N6O4S. The van der Waals surface area contributed by atoms with E-state index < -0.39 is 0 Å². The summed E-state index contributed by atoms with van der Waals surface area (Å²) in [5.41, 5.74) is 2.64. The fourth-order valence-corrected chi connectivity index (χ4v) is 5.21. The van der Waals surface area contributed by atoms with E-state index in [2.05, 4.69) is 21.7 Å². The summed E-state index contributed by atoms with van der Waals surface area (Å²) in [4.78, 5) is 30.6. The molecule has 0 saturated heterocycles. The summed E-state index contributed by atoms with van der Waals surface area (Å²) in [7, 11) is 1.73. The minimum Gasteiger partial charge on any atom is -0.394 e. The van der Waals surface area contributed by atoms with Gasteiger partial charge < -0.3 is 25.0 Å². The summed E-state index contributed by atoms with van der Waals surface area (Å²) in [6.45, 7) is 5.31. The van der Waals surface area contributed by atoms with Crippen molar-refractivity contribution < 1.29 is 19.4 Å². The van der Waals surface area contributed by atoms with Crippen LogP contribution in [0.3, 0.4) is 0 Å². The van der Waals surface area contributed by atoms with E-state index in [1.54, 1.807) is 39.1 Å². The lowest BCUT2D eigenvalue weighted by atomic mass is 10.0. The Morgan fingerprint density at radius 3 is 2.82 bits per heavy atom. The molecular weight excluding hydrogens is 504 g/mol. The summed E-state index contributed by atoms with van der Waals surface area (Å²) in [6.07, 6.45) is 2.29. The Morgan fingerprint density at radius 1 is 1.32 bits per heavy atom. The number of amides is 3. The van der Waals surface area contributed by atoms with Gasteiger partial charge in [-0.25, -0.2) is 9.48 Å². The molecule has 3 atom stereocenters. The molecule has 0 saturated carbocycles. The van der Waals surface area contributed by atoms with Gasteiger partial charge in [-0.05, 0) is 42.5 Å². The number of benzene rings is 1. The zero-order valence-electron chi connectivity index (χ0n) is 22.1. The molecule has 2 aromatic heterocycles. The molecule has 0 bridgehead atoms. The van der Waals surface area contributed by atoms with Gasteiger partial charge in [0, 0.05) is 49.6 Å². The Kier molecular flexibility index (Phi) is 9.48. The first-order valence-electron chi connectivity index (χ1n) is 12.9. The van der Waals surface area contributed by atoms with Gasteiger partial charge in [0.2, 0.25) is 5.91 Å². The number of ether oxygens (including phenoxy) is 1. The lowest BCUT2D eigenvalue weighted by Gasteiger charge is -2.35. The second kappa shape index (κ2) is 13.0. The number of aliphatic hydroxyl groups excluding tert-OH is 1. The van der Waals surface area contributed by atoms with E-state index in [1.165, 1.54) is 4.88 Å². The average Bonchev–Trinajstić information content (AvgIpc) is 3.61. The van der Waals surface area contributed by atoms with Gasteiger partial charge in [0.05, 0.1) is 37.3 Å². The number of thiophene rings is 1. The van der Waals surface area contributed by atoms with Gasteiger partial charge in [-0.3, -0.25) is 4.79 Å². The third kappa shape index (κ3) is 6.97. The minimum absolute atomic E-state index is 0.0171. The highest BCUT2D eigenvalue weighted by molar-refractivity contribution is 7.13. The van der Waals surface area contributed by atoms with E-state index in [4.69, 9.17) is 4.74 Å². The maximum absolute atomic E-state index is 13.1. The van der Waals surface area contributed by atoms with Crippen LogP contribution in [0, 0.1) is 5.92 Å². The van der Waals surface area contributed by atoms with E-state index in [9.17, 15) is 14.7 Å². The Labute approximate surface area is 227 Å². The number of anilines is 1. The standard InChI is InChI=1S/C27H36N6O4S/c1-19-15-32(20(2)17-34)26(35)7-4-12-33-23(14-28-30-33)18-37-24(19)16-31(3)27(36)29-22-10-8-21(9-11-22)25-6-5-13-38-25/h5-6,8-11,13-14,19-20,24,34H,4,7,12,15-18H2,1-3H3,(H,29,36)/t19-,20+,24+/m1/s1. The molecule has 3 aromatic rings. The molecule has 0 radical (unpaired) electrons. The maximum atomic E-state index is 13.1. The highest BCUT2D eigenvalue weighted by atomic mass is 32.1. The molecule has 3 heterocycles. The molecule has 1 aliphatic rings. The van der Waals surface area contributed by atoms with E-state index in [0.29, 0.717) is 44.8 Å². The number of hydrogen-bond donors (Lipinski definition) is 2. The third-order valence-electron chi connectivity index (χ3n) is 6.88. The normalized spacial score (nSPS) is 19.7. The van der Waals surface area contributed by atoms with Crippen LogP contribution >= 0.6 is 11.3 Å². The van der Waals surface area contributed by atoms with Crippen molar-refractivity contribution in [2.75, 3.05) is 32.1 Å². The molecule has 0 fully saturated rings. The predicted octanol–water partition coefficient (Wildman–Crippen LogP) is 3.70. The molecule has 38 heavy (non-hydrogen) atoms. The van der Waals surface area contributed by atoms with Crippen LogP contribution in [0.25, 0.3) is 10.4 Å². The summed E-state index contributed by atoms with van der Waals surface area (Å²) in [5.74, 6) is -0.117. The lowest BCUT2D eigenvalue weighted by Crippen LogP contribution is -2.48. The van der Waals surface area contributed by atoms with E-state index in [-0.39, 0.29) is 36.6 Å². The smallest absolute Gasteiger partial charge is 0.321 e.